The summed E-state index contributed by atoms with van der Waals surface area (Å²) >= 11 is 0. The van der Waals surface area contributed by atoms with Crippen molar-refractivity contribution in [3.05, 3.63) is 11.6 Å². The average Bonchev–Trinajstić information content (AvgIpc) is 2.15. The molecule has 0 aromatic rings. The van der Waals surface area contributed by atoms with E-state index in [1.54, 1.807) is 13.8 Å². The third-order valence-electron chi connectivity index (χ3n) is 2.56. The fraction of sp³-hybridized carbons (Fsp3) is 0.769. The van der Waals surface area contributed by atoms with E-state index in [0.29, 0.717) is 0 Å². The predicted molar refractivity (Wildman–Crippen MR) is 73.9 cm³/mol. The lowest BCUT2D eigenvalue weighted by atomic mass is 9.87. The van der Waals surface area contributed by atoms with E-state index in [-0.39, 0.29) is 30.6 Å². The Morgan fingerprint density at radius 3 is 1.94 bits per heavy atom. The van der Waals surface area contributed by atoms with Crippen LogP contribution in [0.3, 0.4) is 0 Å². The van der Waals surface area contributed by atoms with Crippen LogP contribution in [0, 0.1) is 5.41 Å². The molecule has 5 heteroatoms. The predicted octanol–water partition coefficient (Wildman–Crippen LogP) is 3.81. The van der Waals surface area contributed by atoms with Crippen LogP contribution in [0.4, 0.5) is 0 Å². The van der Waals surface area contributed by atoms with Crippen molar-refractivity contribution < 1.29 is 18.4 Å². The van der Waals surface area contributed by atoms with Gasteiger partial charge in [0.05, 0.1) is 13.2 Å². The van der Waals surface area contributed by atoms with Gasteiger partial charge in [-0.15, -0.1) is 0 Å². The highest BCUT2D eigenvalue weighted by Crippen LogP contribution is 2.48. The zero-order valence-electron chi connectivity index (χ0n) is 12.3. The molecular weight excluding hydrogens is 251 g/mol. The molecule has 4 nitrogen and oxygen atoms in total. The fourth-order valence-electron chi connectivity index (χ4n) is 1.22. The van der Waals surface area contributed by atoms with Crippen molar-refractivity contribution in [2.45, 2.75) is 41.5 Å². The number of hydrogen-bond donors (Lipinski definition) is 0. The van der Waals surface area contributed by atoms with Gasteiger partial charge >= 0.3 is 7.60 Å². The minimum atomic E-state index is -3.28. The topological polar surface area (TPSA) is 52.6 Å². The Morgan fingerprint density at radius 1 is 1.17 bits per heavy atom. The molecule has 0 unspecified atom stereocenters. The summed E-state index contributed by atoms with van der Waals surface area (Å²) in [5, 5.41) is 0. The van der Waals surface area contributed by atoms with Gasteiger partial charge in [0.2, 0.25) is 0 Å². The third kappa shape index (κ3) is 6.48. The van der Waals surface area contributed by atoms with Crippen LogP contribution in [0.1, 0.15) is 41.5 Å². The maximum Gasteiger partial charge on any atom is 0.338 e. The Bertz CT molecular complexity index is 342. The van der Waals surface area contributed by atoms with E-state index < -0.39 is 7.60 Å². The standard InChI is InChI=1S/C13H25O4P/c1-7-16-18(15,17-8-2)10-12(14)9-11(3)13(4,5)6/h9H,7-8,10H2,1-6H3/b11-9+. The SMILES string of the molecule is CCOP(=O)(CC(=O)/C=C(\C)C(C)(C)C)OCC. The molecule has 0 aliphatic rings. The summed E-state index contributed by atoms with van der Waals surface area (Å²) in [6, 6.07) is 0. The number of hydrogen-bond acceptors (Lipinski definition) is 4. The Morgan fingerprint density at radius 2 is 1.61 bits per heavy atom. The summed E-state index contributed by atoms with van der Waals surface area (Å²) in [7, 11) is -3.28. The van der Waals surface area contributed by atoms with Crippen LogP contribution in [0.25, 0.3) is 0 Å². The highest BCUT2D eigenvalue weighted by Gasteiger charge is 2.27. The van der Waals surface area contributed by atoms with Crippen LogP contribution in [0.15, 0.2) is 11.6 Å². The van der Waals surface area contributed by atoms with Gasteiger partial charge in [-0.3, -0.25) is 9.36 Å². The Kier molecular flexibility index (Phi) is 7.05. The van der Waals surface area contributed by atoms with Crippen molar-refractivity contribution in [3.63, 3.8) is 0 Å². The van der Waals surface area contributed by atoms with E-state index in [0.717, 1.165) is 5.57 Å². The molecule has 0 atom stereocenters. The summed E-state index contributed by atoms with van der Waals surface area (Å²) in [5.41, 5.74) is 0.878. The smallest absolute Gasteiger partial charge is 0.309 e. The zero-order valence-corrected chi connectivity index (χ0v) is 13.2. The van der Waals surface area contributed by atoms with E-state index in [4.69, 9.17) is 9.05 Å². The largest absolute Gasteiger partial charge is 0.338 e. The molecule has 0 spiro atoms. The normalized spacial score (nSPS) is 13.8. The average molecular weight is 276 g/mol. The van der Waals surface area contributed by atoms with Gasteiger partial charge in [-0.1, -0.05) is 26.3 Å². The first-order valence-electron chi connectivity index (χ1n) is 6.24. The number of carbonyl (C=O) groups excluding carboxylic acids is 1. The summed E-state index contributed by atoms with van der Waals surface area (Å²) in [4.78, 5) is 11.9. The molecule has 0 aliphatic heterocycles. The minimum Gasteiger partial charge on any atom is -0.309 e. The van der Waals surface area contributed by atoms with Crippen molar-refractivity contribution in [1.82, 2.24) is 0 Å². The second-order valence-corrected chi connectivity index (χ2v) is 7.20. The van der Waals surface area contributed by atoms with Crippen LogP contribution in [-0.2, 0) is 18.4 Å². The molecule has 0 heterocycles. The van der Waals surface area contributed by atoms with Crippen LogP contribution in [0.2, 0.25) is 0 Å². The van der Waals surface area contributed by atoms with Gasteiger partial charge in [-0.2, -0.15) is 0 Å². The van der Waals surface area contributed by atoms with E-state index >= 15 is 0 Å². The van der Waals surface area contributed by atoms with E-state index in [2.05, 4.69) is 0 Å². The first-order chi connectivity index (χ1) is 8.14. The molecule has 0 aromatic heterocycles. The maximum absolute atomic E-state index is 12.2. The maximum atomic E-state index is 12.2. The molecule has 0 amide bonds. The van der Waals surface area contributed by atoms with Gasteiger partial charge in [0.25, 0.3) is 0 Å². The van der Waals surface area contributed by atoms with Crippen molar-refractivity contribution in [2.75, 3.05) is 19.4 Å². The van der Waals surface area contributed by atoms with Crippen LogP contribution < -0.4 is 0 Å². The fourth-order valence-corrected chi connectivity index (χ4v) is 2.73. The van der Waals surface area contributed by atoms with E-state index in [9.17, 15) is 9.36 Å². The summed E-state index contributed by atoms with van der Waals surface area (Å²) < 4.78 is 22.3. The summed E-state index contributed by atoms with van der Waals surface area (Å²) in [6.07, 6.45) is 1.34. The first-order valence-corrected chi connectivity index (χ1v) is 7.97. The summed E-state index contributed by atoms with van der Waals surface area (Å²) in [6.45, 7) is 12.0. The van der Waals surface area contributed by atoms with Gasteiger partial charge in [0, 0.05) is 0 Å². The molecule has 0 radical (unpaired) electrons. The Labute approximate surface area is 110 Å². The molecule has 0 rings (SSSR count). The lowest BCUT2D eigenvalue weighted by Gasteiger charge is -2.20. The quantitative estimate of drug-likeness (QED) is 0.524. The number of rotatable bonds is 7. The van der Waals surface area contributed by atoms with E-state index in [1.165, 1.54) is 6.08 Å². The van der Waals surface area contributed by atoms with Crippen LogP contribution in [-0.4, -0.2) is 25.2 Å². The monoisotopic (exact) mass is 276 g/mol. The van der Waals surface area contributed by atoms with Crippen molar-refractivity contribution in [2.24, 2.45) is 5.41 Å². The summed E-state index contributed by atoms with van der Waals surface area (Å²) in [5.74, 6) is -0.215. The number of carbonyl (C=O) groups is 1. The molecule has 0 fully saturated rings. The molecule has 0 saturated carbocycles. The lowest BCUT2D eigenvalue weighted by Crippen LogP contribution is -2.12. The Balaban J connectivity index is 4.77. The van der Waals surface area contributed by atoms with E-state index in [1.807, 2.05) is 27.7 Å². The number of allylic oxidation sites excluding steroid dienone is 2. The highest BCUT2D eigenvalue weighted by atomic mass is 31.2. The van der Waals surface area contributed by atoms with Gasteiger partial charge in [0.1, 0.15) is 6.16 Å². The van der Waals surface area contributed by atoms with Gasteiger partial charge in [-0.25, -0.2) is 0 Å². The second-order valence-electron chi connectivity index (χ2n) is 5.15. The van der Waals surface area contributed by atoms with Gasteiger partial charge in [0.15, 0.2) is 5.78 Å². The molecule has 106 valence electrons. The molecule has 0 aliphatic carbocycles. The third-order valence-corrected chi connectivity index (χ3v) is 4.56. The zero-order chi connectivity index (χ0) is 14.4. The van der Waals surface area contributed by atoms with Crippen molar-refractivity contribution >= 4 is 13.4 Å². The molecule has 18 heavy (non-hydrogen) atoms. The minimum absolute atomic E-state index is 0.0725. The molecule has 0 bridgehead atoms. The molecular formula is C13H25O4P. The van der Waals surface area contributed by atoms with Crippen molar-refractivity contribution in [1.29, 1.82) is 0 Å². The molecule has 0 N–H and O–H groups in total. The van der Waals surface area contributed by atoms with Crippen LogP contribution in [0.5, 0.6) is 0 Å². The molecule has 0 aromatic carbocycles. The van der Waals surface area contributed by atoms with Crippen molar-refractivity contribution in [3.8, 4) is 0 Å². The molecule has 0 saturated heterocycles. The Hall–Kier alpha value is -0.440. The second kappa shape index (κ2) is 7.22. The highest BCUT2D eigenvalue weighted by molar-refractivity contribution is 7.54. The van der Waals surface area contributed by atoms with Gasteiger partial charge < -0.3 is 9.05 Å². The van der Waals surface area contributed by atoms with Gasteiger partial charge in [-0.05, 0) is 32.3 Å². The lowest BCUT2D eigenvalue weighted by molar-refractivity contribution is -0.112. The number of ketones is 1. The first kappa shape index (κ1) is 17.6. The van der Waals surface area contributed by atoms with Crippen LogP contribution >= 0.6 is 7.60 Å².